The van der Waals surface area contributed by atoms with Gasteiger partial charge in [0.15, 0.2) is 5.75 Å². The van der Waals surface area contributed by atoms with Crippen LogP contribution >= 0.6 is 0 Å². The molecule has 0 aliphatic heterocycles. The van der Waals surface area contributed by atoms with E-state index < -0.39 is 0 Å². The molecule has 0 spiro atoms. The van der Waals surface area contributed by atoms with Gasteiger partial charge in [-0.2, -0.15) is 0 Å². The maximum absolute atomic E-state index is 12.0. The summed E-state index contributed by atoms with van der Waals surface area (Å²) in [6, 6.07) is 5.81. The minimum atomic E-state index is -0.313. The van der Waals surface area contributed by atoms with Gasteiger partial charge in [0.05, 0.1) is 11.7 Å². The summed E-state index contributed by atoms with van der Waals surface area (Å²) in [6.07, 6.45) is 3.23. The van der Waals surface area contributed by atoms with Crippen molar-refractivity contribution in [3.63, 3.8) is 0 Å². The van der Waals surface area contributed by atoms with Gasteiger partial charge in [-0.05, 0) is 38.0 Å². The van der Waals surface area contributed by atoms with Crippen molar-refractivity contribution in [1.82, 2.24) is 14.7 Å². The lowest BCUT2D eigenvalue weighted by atomic mass is 10.1. The number of aromatic amines is 1. The summed E-state index contributed by atoms with van der Waals surface area (Å²) < 4.78 is 1.27. The Labute approximate surface area is 115 Å². The molecule has 0 fully saturated rings. The molecule has 0 bridgehead atoms. The van der Waals surface area contributed by atoms with Gasteiger partial charge in [-0.1, -0.05) is 17.7 Å². The minimum Gasteiger partial charge on any atom is -0.370 e. The maximum Gasteiger partial charge on any atom is 0.360 e. The van der Waals surface area contributed by atoms with Crippen LogP contribution in [0.5, 0.6) is 5.75 Å². The van der Waals surface area contributed by atoms with E-state index in [1.165, 1.54) is 10.3 Å². The molecule has 0 aliphatic carbocycles. The predicted octanol–water partition coefficient (Wildman–Crippen LogP) is 2.49. The molecule has 5 heteroatoms. The summed E-state index contributed by atoms with van der Waals surface area (Å²) in [5.74, 6) is 0.704. The molecular weight excluding hydrogens is 254 g/mol. The second kappa shape index (κ2) is 4.52. The summed E-state index contributed by atoms with van der Waals surface area (Å²) in [7, 11) is 0. The average molecular weight is 269 g/mol. The fourth-order valence-electron chi connectivity index (χ4n) is 2.43. The molecule has 3 rings (SSSR count). The minimum absolute atomic E-state index is 0.313. The second-order valence-corrected chi connectivity index (χ2v) is 4.94. The number of aromatic nitrogens is 3. The summed E-state index contributed by atoms with van der Waals surface area (Å²) in [5.41, 5.74) is 4.18. The van der Waals surface area contributed by atoms with Gasteiger partial charge in [-0.25, -0.2) is 4.79 Å². The van der Waals surface area contributed by atoms with Crippen molar-refractivity contribution in [2.45, 2.75) is 20.8 Å². The van der Waals surface area contributed by atoms with Crippen LogP contribution in [0, 0.1) is 20.8 Å². The fraction of sp³-hybridized carbons (Fsp3) is 0.200. The molecular formula is C15H15N3O2. The van der Waals surface area contributed by atoms with E-state index in [2.05, 4.69) is 9.97 Å². The van der Waals surface area contributed by atoms with E-state index in [4.69, 9.17) is 4.84 Å². The van der Waals surface area contributed by atoms with E-state index in [0.717, 1.165) is 11.1 Å². The van der Waals surface area contributed by atoms with Gasteiger partial charge < -0.3 is 9.82 Å². The number of aryl methyl sites for hydroxylation is 3. The van der Waals surface area contributed by atoms with Crippen LogP contribution < -0.4 is 10.5 Å². The third kappa shape index (κ3) is 1.97. The molecule has 0 radical (unpaired) electrons. The Morgan fingerprint density at radius 3 is 2.60 bits per heavy atom. The first-order valence-corrected chi connectivity index (χ1v) is 6.37. The van der Waals surface area contributed by atoms with Crippen LogP contribution in [-0.4, -0.2) is 14.7 Å². The lowest BCUT2D eigenvalue weighted by Crippen LogP contribution is -2.22. The first kappa shape index (κ1) is 12.5. The second-order valence-electron chi connectivity index (χ2n) is 4.94. The Bertz CT molecular complexity index is 823. The van der Waals surface area contributed by atoms with Gasteiger partial charge in [0, 0.05) is 6.20 Å². The summed E-state index contributed by atoms with van der Waals surface area (Å²) in [4.78, 5) is 24.5. The number of nitrogens with one attached hydrogen (secondary N) is 1. The number of hydrogen-bond donors (Lipinski definition) is 1. The lowest BCUT2D eigenvalue weighted by molar-refractivity contribution is 0.214. The highest BCUT2D eigenvalue weighted by Crippen LogP contribution is 2.25. The largest absolute Gasteiger partial charge is 0.370 e. The van der Waals surface area contributed by atoms with Crippen molar-refractivity contribution < 1.29 is 4.84 Å². The smallest absolute Gasteiger partial charge is 0.360 e. The molecule has 102 valence electrons. The molecule has 0 saturated carbocycles. The number of H-pyrrole nitrogens is 1. The molecule has 0 saturated heterocycles. The third-order valence-corrected chi connectivity index (χ3v) is 3.23. The number of nitrogens with zero attached hydrogens (tertiary/aromatic N) is 2. The first-order chi connectivity index (χ1) is 9.56. The van der Waals surface area contributed by atoms with E-state index >= 15 is 0 Å². The van der Waals surface area contributed by atoms with Crippen molar-refractivity contribution in [2.75, 3.05) is 0 Å². The lowest BCUT2D eigenvalue weighted by Gasteiger charge is -2.12. The van der Waals surface area contributed by atoms with Crippen molar-refractivity contribution >= 4 is 11.0 Å². The standard InChI is InChI=1S/C15H15N3O2/c1-9-6-10(2)14(11(3)7-9)20-18-13-4-5-16-8-12(13)17-15(18)19/h4-8H,1-3H3,(H,17,19). The SMILES string of the molecule is Cc1cc(C)c(On2c(=O)[nH]c3cnccc32)c(C)c1. The fourth-order valence-corrected chi connectivity index (χ4v) is 2.43. The highest BCUT2D eigenvalue weighted by molar-refractivity contribution is 5.73. The van der Waals surface area contributed by atoms with Crippen LogP contribution in [0.1, 0.15) is 16.7 Å². The van der Waals surface area contributed by atoms with Crippen molar-refractivity contribution in [1.29, 1.82) is 0 Å². The molecule has 0 unspecified atom stereocenters. The number of hydrogen-bond acceptors (Lipinski definition) is 3. The number of fused-ring (bicyclic) bond motifs is 1. The highest BCUT2D eigenvalue weighted by atomic mass is 16.7. The molecule has 1 aromatic carbocycles. The van der Waals surface area contributed by atoms with Gasteiger partial charge >= 0.3 is 5.69 Å². The van der Waals surface area contributed by atoms with Crippen LogP contribution in [-0.2, 0) is 0 Å². The van der Waals surface area contributed by atoms with Gasteiger partial charge in [0.1, 0.15) is 5.52 Å². The molecule has 5 nitrogen and oxygen atoms in total. The van der Waals surface area contributed by atoms with Crippen LogP contribution in [0.25, 0.3) is 11.0 Å². The van der Waals surface area contributed by atoms with E-state index in [9.17, 15) is 4.79 Å². The number of rotatable bonds is 2. The Hall–Kier alpha value is -2.56. The Morgan fingerprint density at radius 1 is 1.20 bits per heavy atom. The van der Waals surface area contributed by atoms with Crippen LogP contribution in [0.4, 0.5) is 0 Å². The summed E-state index contributed by atoms with van der Waals surface area (Å²) in [6.45, 7) is 5.97. The Morgan fingerprint density at radius 2 is 1.90 bits per heavy atom. The summed E-state index contributed by atoms with van der Waals surface area (Å²) in [5, 5.41) is 0. The van der Waals surface area contributed by atoms with E-state index in [1.807, 2.05) is 32.9 Å². The zero-order chi connectivity index (χ0) is 14.3. The Kier molecular flexibility index (Phi) is 2.82. The quantitative estimate of drug-likeness (QED) is 0.777. The number of benzene rings is 1. The van der Waals surface area contributed by atoms with Crippen LogP contribution in [0.3, 0.4) is 0 Å². The molecule has 20 heavy (non-hydrogen) atoms. The predicted molar refractivity (Wildman–Crippen MR) is 77.0 cm³/mol. The molecule has 1 N–H and O–H groups in total. The third-order valence-electron chi connectivity index (χ3n) is 3.23. The molecule has 0 amide bonds. The van der Waals surface area contributed by atoms with Crippen molar-refractivity contribution in [2.24, 2.45) is 0 Å². The summed E-state index contributed by atoms with van der Waals surface area (Å²) >= 11 is 0. The van der Waals surface area contributed by atoms with E-state index in [0.29, 0.717) is 16.8 Å². The van der Waals surface area contributed by atoms with E-state index in [1.54, 1.807) is 18.5 Å². The van der Waals surface area contributed by atoms with Gasteiger partial charge in [-0.15, -0.1) is 4.73 Å². The highest BCUT2D eigenvalue weighted by Gasteiger charge is 2.12. The zero-order valence-corrected chi connectivity index (χ0v) is 11.6. The van der Waals surface area contributed by atoms with Gasteiger partial charge in [0.2, 0.25) is 0 Å². The molecule has 2 aromatic heterocycles. The molecule has 0 atom stereocenters. The van der Waals surface area contributed by atoms with E-state index in [-0.39, 0.29) is 5.69 Å². The topological polar surface area (TPSA) is 59.9 Å². The molecule has 0 aliphatic rings. The normalized spacial score (nSPS) is 10.9. The number of imidazole rings is 1. The average Bonchev–Trinajstić information content (AvgIpc) is 2.69. The van der Waals surface area contributed by atoms with Gasteiger partial charge in [0.25, 0.3) is 0 Å². The maximum atomic E-state index is 12.0. The molecule has 2 heterocycles. The van der Waals surface area contributed by atoms with Crippen molar-refractivity contribution in [3.8, 4) is 5.75 Å². The van der Waals surface area contributed by atoms with Crippen molar-refractivity contribution in [3.05, 3.63) is 57.8 Å². The van der Waals surface area contributed by atoms with Gasteiger partial charge in [-0.3, -0.25) is 4.98 Å². The van der Waals surface area contributed by atoms with Crippen LogP contribution in [0.15, 0.2) is 35.4 Å². The number of pyridine rings is 1. The van der Waals surface area contributed by atoms with Crippen LogP contribution in [0.2, 0.25) is 0 Å². The zero-order valence-electron chi connectivity index (χ0n) is 11.6. The Balaban J connectivity index is 2.15. The monoisotopic (exact) mass is 269 g/mol. The molecule has 3 aromatic rings. The first-order valence-electron chi connectivity index (χ1n) is 6.37.